The van der Waals surface area contributed by atoms with E-state index in [4.69, 9.17) is 10.2 Å². The topological polar surface area (TPSA) is 87.6 Å². The standard InChI is InChI=1S/C22H40N4O4/c27-15-5-19-1-7-23(8-2-19)17-21(29)25-11-13-26(14-12-25)22(30)18-24-9-3-20(4-10-24)6-16-28/h19-20,27-28H,1-18H2. The summed E-state index contributed by atoms with van der Waals surface area (Å²) in [6, 6.07) is 0. The Balaban J connectivity index is 1.32. The van der Waals surface area contributed by atoms with Crippen LogP contribution in [0.2, 0.25) is 0 Å². The first-order chi connectivity index (χ1) is 14.6. The number of piperidine rings is 2. The van der Waals surface area contributed by atoms with Crippen molar-refractivity contribution in [1.29, 1.82) is 0 Å². The molecule has 3 heterocycles. The molecular formula is C22H40N4O4. The van der Waals surface area contributed by atoms with Crippen molar-refractivity contribution in [2.24, 2.45) is 11.8 Å². The molecule has 0 saturated carbocycles. The van der Waals surface area contributed by atoms with Crippen LogP contribution >= 0.6 is 0 Å². The summed E-state index contributed by atoms with van der Waals surface area (Å²) in [7, 11) is 0. The number of likely N-dealkylation sites (tertiary alicyclic amines) is 2. The third-order valence-electron chi connectivity index (χ3n) is 7.19. The van der Waals surface area contributed by atoms with E-state index in [0.29, 0.717) is 51.1 Å². The summed E-state index contributed by atoms with van der Waals surface area (Å²) in [5.74, 6) is 1.54. The largest absolute Gasteiger partial charge is 0.396 e. The van der Waals surface area contributed by atoms with E-state index in [2.05, 4.69) is 9.80 Å². The van der Waals surface area contributed by atoms with Crippen molar-refractivity contribution in [2.45, 2.75) is 38.5 Å². The molecule has 0 atom stereocenters. The van der Waals surface area contributed by atoms with E-state index in [-0.39, 0.29) is 25.0 Å². The highest BCUT2D eigenvalue weighted by atomic mass is 16.3. The second-order valence-corrected chi connectivity index (χ2v) is 9.23. The van der Waals surface area contributed by atoms with Gasteiger partial charge in [0.2, 0.25) is 11.8 Å². The van der Waals surface area contributed by atoms with Gasteiger partial charge in [-0.05, 0) is 76.5 Å². The molecule has 3 saturated heterocycles. The second kappa shape index (κ2) is 12.0. The van der Waals surface area contributed by atoms with Crippen LogP contribution in [0.15, 0.2) is 0 Å². The lowest BCUT2D eigenvalue weighted by Gasteiger charge is -2.38. The van der Waals surface area contributed by atoms with Crippen LogP contribution in [-0.4, -0.2) is 120 Å². The minimum Gasteiger partial charge on any atom is -0.396 e. The van der Waals surface area contributed by atoms with E-state index in [1.807, 2.05) is 9.80 Å². The quantitative estimate of drug-likeness (QED) is 0.563. The lowest BCUT2D eigenvalue weighted by molar-refractivity contribution is -0.141. The molecule has 172 valence electrons. The molecule has 0 unspecified atom stereocenters. The van der Waals surface area contributed by atoms with E-state index < -0.39 is 0 Å². The van der Waals surface area contributed by atoms with Crippen molar-refractivity contribution in [2.75, 3.05) is 78.7 Å². The highest BCUT2D eigenvalue weighted by molar-refractivity contribution is 5.80. The predicted octanol–water partition coefficient (Wildman–Crippen LogP) is -0.154. The number of aliphatic hydroxyl groups is 2. The maximum atomic E-state index is 12.7. The molecule has 3 fully saturated rings. The molecule has 3 aliphatic heterocycles. The minimum atomic E-state index is 0.175. The van der Waals surface area contributed by atoms with Gasteiger partial charge in [0.05, 0.1) is 13.1 Å². The highest BCUT2D eigenvalue weighted by Crippen LogP contribution is 2.21. The first-order valence-electron chi connectivity index (χ1n) is 11.8. The summed E-state index contributed by atoms with van der Waals surface area (Å²) in [5, 5.41) is 18.1. The van der Waals surface area contributed by atoms with Crippen molar-refractivity contribution >= 4 is 11.8 Å². The lowest BCUT2D eigenvalue weighted by Crippen LogP contribution is -2.54. The van der Waals surface area contributed by atoms with Crippen LogP contribution in [0.1, 0.15) is 38.5 Å². The van der Waals surface area contributed by atoms with Gasteiger partial charge in [-0.3, -0.25) is 19.4 Å². The van der Waals surface area contributed by atoms with Crippen LogP contribution in [0.5, 0.6) is 0 Å². The van der Waals surface area contributed by atoms with Gasteiger partial charge in [0.1, 0.15) is 0 Å². The second-order valence-electron chi connectivity index (χ2n) is 9.23. The molecular weight excluding hydrogens is 384 g/mol. The van der Waals surface area contributed by atoms with Gasteiger partial charge >= 0.3 is 0 Å². The van der Waals surface area contributed by atoms with Crippen LogP contribution in [-0.2, 0) is 9.59 Å². The SMILES string of the molecule is O=C(CN1CCC(CCO)CC1)N1CCN(C(=O)CN2CCC(CCO)CC2)CC1. The molecule has 8 nitrogen and oxygen atoms in total. The number of amides is 2. The Morgan fingerprint density at radius 3 is 1.23 bits per heavy atom. The normalized spacial score (nSPS) is 23.1. The summed E-state index contributed by atoms with van der Waals surface area (Å²) in [6.07, 6.45) is 6.00. The third-order valence-corrected chi connectivity index (χ3v) is 7.19. The van der Waals surface area contributed by atoms with Crippen LogP contribution < -0.4 is 0 Å². The van der Waals surface area contributed by atoms with E-state index >= 15 is 0 Å². The number of aliphatic hydroxyl groups excluding tert-OH is 2. The Labute approximate surface area is 180 Å². The van der Waals surface area contributed by atoms with Crippen LogP contribution in [0.3, 0.4) is 0 Å². The van der Waals surface area contributed by atoms with Gasteiger partial charge in [0.15, 0.2) is 0 Å². The summed E-state index contributed by atoms with van der Waals surface area (Å²) < 4.78 is 0. The fraction of sp³-hybridized carbons (Fsp3) is 0.909. The molecule has 0 radical (unpaired) electrons. The molecule has 0 aromatic heterocycles. The Kier molecular flexibility index (Phi) is 9.36. The lowest BCUT2D eigenvalue weighted by atomic mass is 9.94. The van der Waals surface area contributed by atoms with Crippen LogP contribution in [0, 0.1) is 11.8 Å². The molecule has 0 aromatic carbocycles. The van der Waals surface area contributed by atoms with Gasteiger partial charge in [0.25, 0.3) is 0 Å². The average Bonchev–Trinajstić information content (AvgIpc) is 2.77. The number of nitrogens with zero attached hydrogens (tertiary/aromatic N) is 4. The molecule has 0 aliphatic carbocycles. The van der Waals surface area contributed by atoms with E-state index in [1.54, 1.807) is 0 Å². The van der Waals surface area contributed by atoms with E-state index in [1.165, 1.54) is 0 Å². The van der Waals surface area contributed by atoms with Crippen LogP contribution in [0.4, 0.5) is 0 Å². The van der Waals surface area contributed by atoms with Crippen molar-refractivity contribution in [1.82, 2.24) is 19.6 Å². The monoisotopic (exact) mass is 424 g/mol. The average molecular weight is 425 g/mol. The molecule has 0 aromatic rings. The van der Waals surface area contributed by atoms with Gasteiger partial charge in [-0.25, -0.2) is 0 Å². The first-order valence-corrected chi connectivity index (χ1v) is 11.8. The Bertz CT molecular complexity index is 489. The zero-order valence-electron chi connectivity index (χ0n) is 18.4. The molecule has 3 aliphatic rings. The summed E-state index contributed by atoms with van der Waals surface area (Å²) >= 11 is 0. The maximum Gasteiger partial charge on any atom is 0.236 e. The molecule has 8 heteroatoms. The van der Waals surface area contributed by atoms with Gasteiger partial charge in [-0.2, -0.15) is 0 Å². The van der Waals surface area contributed by atoms with Crippen LogP contribution in [0.25, 0.3) is 0 Å². The van der Waals surface area contributed by atoms with Gasteiger partial charge in [-0.1, -0.05) is 0 Å². The van der Waals surface area contributed by atoms with Gasteiger partial charge in [-0.15, -0.1) is 0 Å². The molecule has 0 bridgehead atoms. The molecule has 3 rings (SSSR count). The fourth-order valence-corrected chi connectivity index (χ4v) is 5.02. The maximum absolute atomic E-state index is 12.7. The molecule has 0 spiro atoms. The fourth-order valence-electron chi connectivity index (χ4n) is 5.02. The third kappa shape index (κ3) is 6.90. The summed E-state index contributed by atoms with van der Waals surface area (Å²) in [4.78, 5) is 33.6. The molecule has 30 heavy (non-hydrogen) atoms. The van der Waals surface area contributed by atoms with Crippen molar-refractivity contribution in [3.05, 3.63) is 0 Å². The van der Waals surface area contributed by atoms with Crippen molar-refractivity contribution in [3.63, 3.8) is 0 Å². The number of hydrogen-bond acceptors (Lipinski definition) is 6. The number of carbonyl (C=O) groups is 2. The predicted molar refractivity (Wildman–Crippen MR) is 115 cm³/mol. The highest BCUT2D eigenvalue weighted by Gasteiger charge is 2.28. The Morgan fingerprint density at radius 2 is 0.933 bits per heavy atom. The number of carbonyl (C=O) groups excluding carboxylic acids is 2. The Morgan fingerprint density at radius 1 is 0.600 bits per heavy atom. The van der Waals surface area contributed by atoms with Crippen molar-refractivity contribution in [3.8, 4) is 0 Å². The number of hydrogen-bond donors (Lipinski definition) is 2. The van der Waals surface area contributed by atoms with E-state index in [9.17, 15) is 9.59 Å². The minimum absolute atomic E-state index is 0.175. The number of piperazine rings is 1. The molecule has 2 amide bonds. The Hall–Kier alpha value is -1.22. The summed E-state index contributed by atoms with van der Waals surface area (Å²) in [6.45, 7) is 7.72. The smallest absolute Gasteiger partial charge is 0.236 e. The van der Waals surface area contributed by atoms with Crippen molar-refractivity contribution < 1.29 is 19.8 Å². The van der Waals surface area contributed by atoms with Gasteiger partial charge < -0.3 is 20.0 Å². The number of rotatable bonds is 8. The first kappa shape index (κ1) is 23.4. The molecule has 2 N–H and O–H groups in total. The zero-order chi connectivity index (χ0) is 21.3. The summed E-state index contributed by atoms with van der Waals surface area (Å²) in [5.41, 5.74) is 0. The zero-order valence-corrected chi connectivity index (χ0v) is 18.4. The van der Waals surface area contributed by atoms with Gasteiger partial charge in [0, 0.05) is 39.4 Å². The van der Waals surface area contributed by atoms with E-state index in [0.717, 1.165) is 64.7 Å².